The van der Waals surface area contributed by atoms with Crippen LogP contribution in [0.4, 0.5) is 10.5 Å². The first-order chi connectivity index (χ1) is 8.76. The lowest BCUT2D eigenvalue weighted by atomic mass is 10.1. The summed E-state index contributed by atoms with van der Waals surface area (Å²) >= 11 is 11.6. The highest BCUT2D eigenvalue weighted by Gasteiger charge is 2.30. The van der Waals surface area contributed by atoms with E-state index in [0.717, 1.165) is 0 Å². The molecule has 0 heterocycles. The molecule has 2 N–H and O–H groups in total. The van der Waals surface area contributed by atoms with E-state index in [0.29, 0.717) is 15.7 Å². The van der Waals surface area contributed by atoms with Gasteiger partial charge < -0.3 is 15.4 Å². The van der Waals surface area contributed by atoms with Crippen molar-refractivity contribution in [2.45, 2.75) is 19.4 Å². The molecule has 0 atom stereocenters. The van der Waals surface area contributed by atoms with Gasteiger partial charge in [-0.2, -0.15) is 0 Å². The predicted molar refractivity (Wildman–Crippen MR) is 74.7 cm³/mol. The number of anilines is 1. The molecule has 7 heteroatoms. The fourth-order valence-electron chi connectivity index (χ4n) is 1.33. The van der Waals surface area contributed by atoms with Crippen LogP contribution in [0.3, 0.4) is 0 Å². The summed E-state index contributed by atoms with van der Waals surface area (Å²) in [6.45, 7) is 3.07. The largest absolute Gasteiger partial charge is 0.467 e. The van der Waals surface area contributed by atoms with Crippen LogP contribution in [-0.2, 0) is 9.53 Å². The molecule has 0 unspecified atom stereocenters. The van der Waals surface area contributed by atoms with Crippen molar-refractivity contribution in [2.75, 3.05) is 12.4 Å². The Labute approximate surface area is 121 Å². The number of hydrogen-bond donors (Lipinski definition) is 2. The molecule has 0 aromatic heterocycles. The van der Waals surface area contributed by atoms with Gasteiger partial charge in [0.2, 0.25) is 0 Å². The molecule has 0 saturated heterocycles. The maximum atomic E-state index is 11.7. The number of hydrogen-bond acceptors (Lipinski definition) is 3. The Morgan fingerprint density at radius 1 is 1.21 bits per heavy atom. The van der Waals surface area contributed by atoms with Crippen molar-refractivity contribution in [1.29, 1.82) is 0 Å². The van der Waals surface area contributed by atoms with Crippen LogP contribution in [-0.4, -0.2) is 24.6 Å². The van der Waals surface area contributed by atoms with Gasteiger partial charge >= 0.3 is 12.0 Å². The molecule has 0 aliphatic heterocycles. The number of nitrogens with one attached hydrogen (secondary N) is 2. The van der Waals surface area contributed by atoms with Crippen LogP contribution in [0.2, 0.25) is 10.0 Å². The zero-order valence-corrected chi connectivity index (χ0v) is 12.2. The number of carbonyl (C=O) groups is 2. The number of carbonyl (C=O) groups excluding carboxylic acids is 2. The number of amides is 2. The summed E-state index contributed by atoms with van der Waals surface area (Å²) in [5.41, 5.74) is -0.665. The van der Waals surface area contributed by atoms with Crippen LogP contribution < -0.4 is 10.6 Å². The number of rotatable bonds is 3. The lowest BCUT2D eigenvalue weighted by Crippen LogP contribution is -2.51. The van der Waals surface area contributed by atoms with Gasteiger partial charge in [0.15, 0.2) is 0 Å². The predicted octanol–water partition coefficient (Wildman–Crippen LogP) is 3.07. The van der Waals surface area contributed by atoms with Crippen LogP contribution in [0, 0.1) is 0 Å². The molecule has 0 saturated carbocycles. The van der Waals surface area contributed by atoms with Gasteiger partial charge in [-0.3, -0.25) is 0 Å². The first-order valence-electron chi connectivity index (χ1n) is 5.39. The van der Waals surface area contributed by atoms with Gasteiger partial charge in [-0.25, -0.2) is 9.59 Å². The summed E-state index contributed by atoms with van der Waals surface area (Å²) in [6.07, 6.45) is 0. The number of ether oxygens (including phenoxy) is 1. The number of urea groups is 1. The topological polar surface area (TPSA) is 67.4 Å². The van der Waals surface area contributed by atoms with Crippen LogP contribution in [0.25, 0.3) is 0 Å². The Bertz CT molecular complexity index is 504. The average molecular weight is 305 g/mol. The van der Waals surface area contributed by atoms with Crippen molar-refractivity contribution in [3.05, 3.63) is 28.2 Å². The van der Waals surface area contributed by atoms with Gasteiger partial charge in [-0.05, 0) is 32.0 Å². The van der Waals surface area contributed by atoms with Gasteiger partial charge in [0.05, 0.1) is 17.2 Å². The minimum Gasteiger partial charge on any atom is -0.467 e. The van der Waals surface area contributed by atoms with Gasteiger partial charge in [-0.1, -0.05) is 23.2 Å². The summed E-state index contributed by atoms with van der Waals surface area (Å²) in [5.74, 6) is -0.545. The minimum absolute atomic E-state index is 0.326. The summed E-state index contributed by atoms with van der Waals surface area (Å²) < 4.78 is 4.58. The summed E-state index contributed by atoms with van der Waals surface area (Å²) in [6, 6.07) is 4.12. The zero-order chi connectivity index (χ0) is 14.6. The Morgan fingerprint density at radius 3 is 2.37 bits per heavy atom. The molecule has 0 aliphatic rings. The smallest absolute Gasteiger partial charge is 0.331 e. The molecule has 19 heavy (non-hydrogen) atoms. The zero-order valence-electron chi connectivity index (χ0n) is 10.7. The molecular weight excluding hydrogens is 291 g/mol. The third-order valence-corrected chi connectivity index (χ3v) is 3.04. The third kappa shape index (κ3) is 4.29. The normalized spacial score (nSPS) is 10.8. The molecule has 0 spiro atoms. The number of methoxy groups -OCH3 is 1. The monoisotopic (exact) mass is 304 g/mol. The second kappa shape index (κ2) is 6.12. The van der Waals surface area contributed by atoms with Gasteiger partial charge in [0, 0.05) is 5.69 Å². The molecule has 0 radical (unpaired) electrons. The Kier molecular flexibility index (Phi) is 5.03. The van der Waals surface area contributed by atoms with Gasteiger partial charge in [0.25, 0.3) is 0 Å². The highest BCUT2D eigenvalue weighted by molar-refractivity contribution is 6.42. The molecule has 5 nitrogen and oxygen atoms in total. The number of benzene rings is 1. The first kappa shape index (κ1) is 15.6. The van der Waals surface area contributed by atoms with Crippen molar-refractivity contribution in [3.8, 4) is 0 Å². The van der Waals surface area contributed by atoms with E-state index in [1.54, 1.807) is 12.1 Å². The SMILES string of the molecule is COC(=O)C(C)(C)NC(=O)Nc1ccc(Cl)c(Cl)c1. The molecule has 1 aromatic rings. The second-order valence-corrected chi connectivity index (χ2v) is 5.14. The van der Waals surface area contributed by atoms with E-state index < -0.39 is 17.5 Å². The molecule has 104 valence electrons. The van der Waals surface area contributed by atoms with E-state index in [9.17, 15) is 9.59 Å². The molecule has 1 aromatic carbocycles. The summed E-state index contributed by atoms with van der Waals surface area (Å²) in [7, 11) is 1.25. The molecule has 0 bridgehead atoms. The van der Waals surface area contributed by atoms with E-state index in [4.69, 9.17) is 23.2 Å². The lowest BCUT2D eigenvalue weighted by Gasteiger charge is -2.23. The highest BCUT2D eigenvalue weighted by Crippen LogP contribution is 2.24. The maximum absolute atomic E-state index is 11.7. The van der Waals surface area contributed by atoms with Gasteiger partial charge in [-0.15, -0.1) is 0 Å². The van der Waals surface area contributed by atoms with E-state index in [1.165, 1.54) is 27.0 Å². The summed E-state index contributed by atoms with van der Waals surface area (Å²) in [5, 5.41) is 5.75. The number of halogens is 2. The fraction of sp³-hybridized carbons (Fsp3) is 0.333. The van der Waals surface area contributed by atoms with E-state index in [1.807, 2.05) is 0 Å². The molecular formula is C12H14Cl2N2O3. The Morgan fingerprint density at radius 2 is 1.84 bits per heavy atom. The van der Waals surface area contributed by atoms with Crippen molar-refractivity contribution in [1.82, 2.24) is 5.32 Å². The Hall–Kier alpha value is -1.46. The van der Waals surface area contributed by atoms with E-state index in [-0.39, 0.29) is 0 Å². The highest BCUT2D eigenvalue weighted by atomic mass is 35.5. The molecule has 1 rings (SSSR count). The summed E-state index contributed by atoms with van der Waals surface area (Å²) in [4.78, 5) is 23.2. The first-order valence-corrected chi connectivity index (χ1v) is 6.14. The van der Waals surface area contributed by atoms with Crippen LogP contribution >= 0.6 is 23.2 Å². The minimum atomic E-state index is -1.13. The fourth-order valence-corrected chi connectivity index (χ4v) is 1.62. The van der Waals surface area contributed by atoms with E-state index >= 15 is 0 Å². The molecule has 2 amide bonds. The van der Waals surface area contributed by atoms with Crippen LogP contribution in [0.15, 0.2) is 18.2 Å². The van der Waals surface area contributed by atoms with Gasteiger partial charge in [0.1, 0.15) is 5.54 Å². The molecule has 0 aliphatic carbocycles. The van der Waals surface area contributed by atoms with Crippen molar-refractivity contribution < 1.29 is 14.3 Å². The van der Waals surface area contributed by atoms with Crippen molar-refractivity contribution in [2.24, 2.45) is 0 Å². The average Bonchev–Trinajstić information content (AvgIpc) is 2.32. The maximum Gasteiger partial charge on any atom is 0.331 e. The number of esters is 1. The lowest BCUT2D eigenvalue weighted by molar-refractivity contribution is -0.146. The van der Waals surface area contributed by atoms with Crippen LogP contribution in [0.5, 0.6) is 0 Å². The standard InChI is InChI=1S/C12H14Cl2N2O3/c1-12(2,10(17)19-3)16-11(18)15-7-4-5-8(13)9(14)6-7/h4-6H,1-3H3,(H2,15,16,18). The molecule has 0 fully saturated rings. The van der Waals surface area contributed by atoms with Crippen molar-refractivity contribution in [3.63, 3.8) is 0 Å². The Balaban J connectivity index is 2.70. The van der Waals surface area contributed by atoms with Crippen LogP contribution in [0.1, 0.15) is 13.8 Å². The quantitative estimate of drug-likeness (QED) is 0.843. The second-order valence-electron chi connectivity index (χ2n) is 4.32. The van der Waals surface area contributed by atoms with E-state index in [2.05, 4.69) is 15.4 Å². The van der Waals surface area contributed by atoms with Crippen molar-refractivity contribution >= 4 is 40.9 Å². The third-order valence-electron chi connectivity index (χ3n) is 2.30.